The van der Waals surface area contributed by atoms with Crippen LogP contribution in [0.2, 0.25) is 0 Å². The number of hydrogen-bond acceptors (Lipinski definition) is 10. The van der Waals surface area contributed by atoms with Crippen LogP contribution in [0.15, 0.2) is 33.9 Å². The third-order valence-electron chi connectivity index (χ3n) is 1.11. The first-order chi connectivity index (χ1) is 10.0. The van der Waals surface area contributed by atoms with Crippen molar-refractivity contribution in [3.05, 3.63) is 53.5 Å². The van der Waals surface area contributed by atoms with Gasteiger partial charge in [-0.1, -0.05) is 9.70 Å². The zero-order valence-corrected chi connectivity index (χ0v) is 11.4. The summed E-state index contributed by atoms with van der Waals surface area (Å²) in [4.78, 5) is 3.62. The van der Waals surface area contributed by atoms with Crippen LogP contribution >= 0.6 is 22.9 Å². The Balaban J connectivity index is 0.000000133. The maximum atomic E-state index is 4.17. The molecule has 4 radical (unpaired) electrons. The molecule has 0 aromatic carbocycles. The first kappa shape index (κ1) is 15.5. The van der Waals surface area contributed by atoms with Crippen molar-refractivity contribution in [1.82, 2.24) is 40.4 Å². The van der Waals surface area contributed by atoms with Gasteiger partial charge in [-0.2, -0.15) is 0 Å². The predicted molar refractivity (Wildman–Crippen MR) is 68.0 cm³/mol. The van der Waals surface area contributed by atoms with E-state index in [1.54, 1.807) is 11.6 Å². The van der Waals surface area contributed by atoms with Crippen molar-refractivity contribution >= 4 is 22.9 Å². The summed E-state index contributed by atoms with van der Waals surface area (Å²) in [6, 6.07) is 0. The number of aromatic nitrogens is 8. The van der Waals surface area contributed by atoms with Crippen LogP contribution in [-0.2, 0) is 0 Å². The van der Waals surface area contributed by atoms with Gasteiger partial charge in [0.1, 0.15) is 12.4 Å². The third kappa shape index (κ3) is 10.6. The molecule has 4 aromatic rings. The molecule has 9 nitrogen and oxygen atoms in total. The monoisotopic (exact) mass is 306 g/mol. The van der Waals surface area contributed by atoms with Gasteiger partial charge in [-0.15, -0.1) is 26.6 Å². The molecule has 100 valence electrons. The van der Waals surface area contributed by atoms with Crippen molar-refractivity contribution in [2.45, 2.75) is 0 Å². The molecular formula is C9H6N8OS2. The minimum atomic E-state index is 1.28. The van der Waals surface area contributed by atoms with Crippen molar-refractivity contribution in [2.24, 2.45) is 0 Å². The van der Waals surface area contributed by atoms with Gasteiger partial charge >= 0.3 is 0 Å². The molecule has 0 aliphatic heterocycles. The van der Waals surface area contributed by atoms with E-state index in [9.17, 15) is 0 Å². The zero-order chi connectivity index (χ0) is 14.1. The molecule has 0 saturated heterocycles. The summed E-state index contributed by atoms with van der Waals surface area (Å²) in [7, 11) is 0. The Kier molecular flexibility index (Phi) is 10.0. The number of H-pyrrole nitrogens is 1. The molecule has 11 heteroatoms. The van der Waals surface area contributed by atoms with E-state index in [0.29, 0.717) is 0 Å². The van der Waals surface area contributed by atoms with E-state index in [1.165, 1.54) is 35.3 Å². The van der Waals surface area contributed by atoms with Gasteiger partial charge in [0.05, 0.1) is 6.20 Å². The Morgan fingerprint density at radius 1 is 1.10 bits per heavy atom. The number of thiazole rings is 1. The zero-order valence-electron chi connectivity index (χ0n) is 9.74. The highest BCUT2D eigenvalue weighted by molar-refractivity contribution is 7.06. The number of nitrogens with one attached hydrogen (secondary N) is 1. The van der Waals surface area contributed by atoms with Gasteiger partial charge in [-0.3, -0.25) is 5.10 Å². The summed E-state index contributed by atoms with van der Waals surface area (Å²) in [6.45, 7) is 0. The second-order valence-electron chi connectivity index (χ2n) is 2.29. The van der Waals surface area contributed by atoms with Crippen molar-refractivity contribution in [2.75, 3.05) is 0 Å². The molecule has 4 heterocycles. The SMILES string of the molecule is [c]1c[nH]nn1.[c]1conn1.[c]1csnn1.[c]1nccs1. The van der Waals surface area contributed by atoms with E-state index in [1.807, 2.05) is 5.38 Å². The van der Waals surface area contributed by atoms with Gasteiger partial charge < -0.3 is 4.52 Å². The lowest BCUT2D eigenvalue weighted by molar-refractivity contribution is 0.393. The normalized spacial score (nSPS) is 8.00. The Hall–Kier alpha value is -2.53. The molecular weight excluding hydrogens is 300 g/mol. The molecule has 0 unspecified atom stereocenters. The quantitative estimate of drug-likeness (QED) is 0.505. The molecule has 0 amide bonds. The minimum absolute atomic E-state index is 1.28. The van der Waals surface area contributed by atoms with E-state index in [2.05, 4.69) is 69.0 Å². The highest BCUT2D eigenvalue weighted by Gasteiger charge is 1.64. The smallest absolute Gasteiger partial charge is 0.158 e. The Morgan fingerprint density at radius 3 is 2.30 bits per heavy atom. The summed E-state index contributed by atoms with van der Waals surface area (Å²) in [5.41, 5.74) is 2.65. The van der Waals surface area contributed by atoms with Gasteiger partial charge in [0.25, 0.3) is 0 Å². The predicted octanol–water partition coefficient (Wildman–Crippen LogP) is 0.756. The average molecular weight is 306 g/mol. The summed E-state index contributed by atoms with van der Waals surface area (Å²) < 4.78 is 7.62. The largest absolute Gasteiger partial charge is 0.345 e. The molecule has 0 bridgehead atoms. The lowest BCUT2D eigenvalue weighted by Gasteiger charge is -1.46. The van der Waals surface area contributed by atoms with Crippen LogP contribution in [0.5, 0.6) is 0 Å². The molecule has 0 atom stereocenters. The lowest BCUT2D eigenvalue weighted by Crippen LogP contribution is -1.62. The van der Waals surface area contributed by atoms with Gasteiger partial charge in [-0.25, -0.2) is 4.98 Å². The van der Waals surface area contributed by atoms with Crippen molar-refractivity contribution in [3.8, 4) is 0 Å². The fourth-order valence-electron chi connectivity index (χ4n) is 0.532. The average Bonchev–Trinajstić information content (AvgIpc) is 3.40. The van der Waals surface area contributed by atoms with Gasteiger partial charge in [-0.05, 0) is 11.5 Å². The van der Waals surface area contributed by atoms with Crippen LogP contribution in [0.25, 0.3) is 0 Å². The molecule has 0 saturated carbocycles. The number of hydrogen-bond donors (Lipinski definition) is 1. The van der Waals surface area contributed by atoms with Crippen LogP contribution in [0.1, 0.15) is 0 Å². The standard InChI is InChI=1S/C3H2NS.C2H2N3.C2HN2O.C2HN2S/c1-2-5-3-4-1;1-2-4-5-3-1;2*1-2-5-4-3-1/h1-2H;1H,(H,3,4,5);2*2H. The first-order valence-electron chi connectivity index (χ1n) is 4.74. The maximum Gasteiger partial charge on any atom is 0.158 e. The molecule has 4 aromatic heterocycles. The first-order valence-corrected chi connectivity index (χ1v) is 6.46. The van der Waals surface area contributed by atoms with Crippen LogP contribution in [0.4, 0.5) is 0 Å². The van der Waals surface area contributed by atoms with Crippen LogP contribution in [0, 0.1) is 24.1 Å². The second kappa shape index (κ2) is 12.9. The number of rotatable bonds is 0. The van der Waals surface area contributed by atoms with Gasteiger partial charge in [0.15, 0.2) is 18.0 Å². The molecule has 0 aliphatic rings. The van der Waals surface area contributed by atoms with Crippen LogP contribution in [0.3, 0.4) is 0 Å². The Morgan fingerprint density at radius 2 is 2.10 bits per heavy atom. The molecule has 4 rings (SSSR count). The minimum Gasteiger partial charge on any atom is -0.345 e. The summed E-state index contributed by atoms with van der Waals surface area (Å²) in [5.74, 6) is 0. The van der Waals surface area contributed by atoms with Crippen LogP contribution < -0.4 is 0 Å². The molecule has 0 aliphatic carbocycles. The Bertz CT molecular complexity index is 363. The van der Waals surface area contributed by atoms with E-state index in [4.69, 9.17) is 0 Å². The molecule has 0 spiro atoms. The van der Waals surface area contributed by atoms with E-state index < -0.39 is 0 Å². The summed E-state index contributed by atoms with van der Waals surface area (Å²) in [5, 5.41) is 22.2. The van der Waals surface area contributed by atoms with Crippen molar-refractivity contribution < 1.29 is 4.52 Å². The van der Waals surface area contributed by atoms with Crippen molar-refractivity contribution in [3.63, 3.8) is 0 Å². The summed E-state index contributed by atoms with van der Waals surface area (Å²) >= 11 is 2.77. The highest BCUT2D eigenvalue weighted by atomic mass is 32.1. The summed E-state index contributed by atoms with van der Waals surface area (Å²) in [6.07, 6.45) is 11.8. The van der Waals surface area contributed by atoms with Gasteiger partial charge in [0, 0.05) is 22.2 Å². The second-order valence-corrected chi connectivity index (χ2v) is 3.59. The van der Waals surface area contributed by atoms with Crippen LogP contribution in [-0.4, -0.2) is 40.4 Å². The Labute approximate surface area is 121 Å². The fraction of sp³-hybridized carbons (Fsp3) is 0. The third-order valence-corrected chi connectivity index (χ3v) is 1.96. The number of aromatic amines is 1. The molecule has 1 N–H and O–H groups in total. The lowest BCUT2D eigenvalue weighted by atomic mass is 11.0. The fourth-order valence-corrected chi connectivity index (χ4v) is 1.07. The van der Waals surface area contributed by atoms with Crippen molar-refractivity contribution in [1.29, 1.82) is 0 Å². The number of nitrogens with zero attached hydrogens (tertiary/aromatic N) is 7. The molecule has 0 fully saturated rings. The van der Waals surface area contributed by atoms with E-state index in [0.717, 1.165) is 0 Å². The maximum absolute atomic E-state index is 4.17. The van der Waals surface area contributed by atoms with E-state index in [-0.39, 0.29) is 0 Å². The topological polar surface area (TPSA) is 119 Å². The highest BCUT2D eigenvalue weighted by Crippen LogP contribution is 1.84. The molecule has 20 heavy (non-hydrogen) atoms. The van der Waals surface area contributed by atoms with E-state index >= 15 is 0 Å². The van der Waals surface area contributed by atoms with Gasteiger partial charge in [0.2, 0.25) is 0 Å².